The van der Waals surface area contributed by atoms with E-state index in [9.17, 15) is 9.59 Å². The summed E-state index contributed by atoms with van der Waals surface area (Å²) in [6, 6.07) is 2.00. The van der Waals surface area contributed by atoms with E-state index in [1.807, 2.05) is 36.9 Å². The predicted molar refractivity (Wildman–Crippen MR) is 86.9 cm³/mol. The van der Waals surface area contributed by atoms with E-state index in [1.165, 1.54) is 16.7 Å². The van der Waals surface area contributed by atoms with E-state index in [0.717, 1.165) is 11.3 Å². The largest absolute Gasteiger partial charge is 0.481 e. The Bertz CT molecular complexity index is 634. The molecular formula is C14H16N2O3S2. The van der Waals surface area contributed by atoms with Crippen molar-refractivity contribution < 1.29 is 14.7 Å². The minimum absolute atomic E-state index is 0.0348. The molecule has 0 aromatic carbocycles. The van der Waals surface area contributed by atoms with Crippen molar-refractivity contribution in [1.29, 1.82) is 0 Å². The Balaban J connectivity index is 2.10. The Morgan fingerprint density at radius 3 is 2.81 bits per heavy atom. The first kappa shape index (κ1) is 15.8. The first-order valence-corrected chi connectivity index (χ1v) is 7.71. The lowest BCUT2D eigenvalue weighted by molar-refractivity contribution is -0.137. The smallest absolute Gasteiger partial charge is 0.303 e. The summed E-state index contributed by atoms with van der Waals surface area (Å²) < 4.78 is 2.44. The number of carboxylic acid groups (broad SMARTS) is 1. The number of amides is 1. The maximum absolute atomic E-state index is 12.3. The van der Waals surface area contributed by atoms with Gasteiger partial charge in [-0.3, -0.25) is 14.5 Å². The van der Waals surface area contributed by atoms with Gasteiger partial charge in [0.15, 0.2) is 0 Å². The van der Waals surface area contributed by atoms with Crippen molar-refractivity contribution in [2.24, 2.45) is 7.05 Å². The molecule has 1 N–H and O–H groups in total. The van der Waals surface area contributed by atoms with Crippen molar-refractivity contribution in [2.75, 3.05) is 6.54 Å². The van der Waals surface area contributed by atoms with Crippen LogP contribution in [0, 0.1) is 6.92 Å². The van der Waals surface area contributed by atoms with Crippen LogP contribution in [0.4, 0.5) is 0 Å². The van der Waals surface area contributed by atoms with Crippen molar-refractivity contribution in [2.45, 2.75) is 19.8 Å². The van der Waals surface area contributed by atoms with Gasteiger partial charge in [-0.2, -0.15) is 0 Å². The minimum Gasteiger partial charge on any atom is -0.481 e. The van der Waals surface area contributed by atoms with Crippen LogP contribution in [0.3, 0.4) is 0 Å². The third kappa shape index (κ3) is 3.74. The van der Waals surface area contributed by atoms with Crippen LogP contribution in [0.25, 0.3) is 6.08 Å². The summed E-state index contributed by atoms with van der Waals surface area (Å²) in [6.07, 6.45) is 4.24. The molecule has 0 unspecified atom stereocenters. The zero-order valence-electron chi connectivity index (χ0n) is 11.8. The number of aliphatic carboxylic acids is 1. The highest BCUT2D eigenvalue weighted by atomic mass is 32.2. The highest BCUT2D eigenvalue weighted by Crippen LogP contribution is 2.32. The van der Waals surface area contributed by atoms with Gasteiger partial charge in [-0.05, 0) is 31.1 Å². The Hall–Kier alpha value is -1.60. The van der Waals surface area contributed by atoms with Crippen LogP contribution in [-0.4, -0.2) is 37.3 Å². The molecule has 0 bridgehead atoms. The summed E-state index contributed by atoms with van der Waals surface area (Å²) in [5.74, 6) is -1.01. The summed E-state index contributed by atoms with van der Waals surface area (Å²) in [4.78, 5) is 24.9. The van der Waals surface area contributed by atoms with Crippen LogP contribution < -0.4 is 0 Å². The lowest BCUT2D eigenvalue weighted by atomic mass is 10.3. The van der Waals surface area contributed by atoms with Gasteiger partial charge in [-0.25, -0.2) is 0 Å². The first-order valence-electron chi connectivity index (χ1n) is 6.48. The Morgan fingerprint density at radius 1 is 1.52 bits per heavy atom. The van der Waals surface area contributed by atoms with E-state index >= 15 is 0 Å². The molecule has 0 saturated carbocycles. The third-order valence-electron chi connectivity index (χ3n) is 3.11. The van der Waals surface area contributed by atoms with Crippen LogP contribution in [-0.2, 0) is 16.6 Å². The molecule has 1 aliphatic rings. The van der Waals surface area contributed by atoms with Crippen LogP contribution in [0.15, 0.2) is 17.2 Å². The highest BCUT2D eigenvalue weighted by molar-refractivity contribution is 8.26. The Morgan fingerprint density at radius 2 is 2.24 bits per heavy atom. The van der Waals surface area contributed by atoms with Gasteiger partial charge >= 0.3 is 5.97 Å². The van der Waals surface area contributed by atoms with Gasteiger partial charge in [0.25, 0.3) is 5.91 Å². The van der Waals surface area contributed by atoms with Crippen molar-refractivity contribution in [3.63, 3.8) is 0 Å². The highest BCUT2D eigenvalue weighted by Gasteiger charge is 2.31. The van der Waals surface area contributed by atoms with Crippen molar-refractivity contribution >= 4 is 46.3 Å². The Labute approximate surface area is 132 Å². The predicted octanol–water partition coefficient (Wildman–Crippen LogP) is 2.40. The molecular weight excluding hydrogens is 308 g/mol. The number of thioether (sulfide) groups is 1. The molecule has 112 valence electrons. The van der Waals surface area contributed by atoms with Crippen LogP contribution in [0.1, 0.15) is 24.1 Å². The quantitative estimate of drug-likeness (QED) is 0.666. The average Bonchev–Trinajstić information content (AvgIpc) is 2.83. The Kier molecular flexibility index (Phi) is 4.84. The number of nitrogens with zero attached hydrogens (tertiary/aromatic N) is 2. The zero-order valence-corrected chi connectivity index (χ0v) is 13.5. The zero-order chi connectivity index (χ0) is 15.6. The number of aryl methyl sites for hydroxylation is 2. The van der Waals surface area contributed by atoms with E-state index in [4.69, 9.17) is 17.3 Å². The second-order valence-corrected chi connectivity index (χ2v) is 6.56. The first-order chi connectivity index (χ1) is 9.88. The SMILES string of the molecule is Cc1cc(C=C2SC(=S)N(CCCC(=O)O)C2=O)n(C)c1. The monoisotopic (exact) mass is 324 g/mol. The van der Waals surface area contributed by atoms with Crippen molar-refractivity contribution in [3.8, 4) is 0 Å². The molecule has 1 amide bonds. The van der Waals surface area contributed by atoms with Crippen LogP contribution in [0.5, 0.6) is 0 Å². The van der Waals surface area contributed by atoms with E-state index in [-0.39, 0.29) is 12.3 Å². The van der Waals surface area contributed by atoms with Gasteiger partial charge in [0, 0.05) is 31.9 Å². The van der Waals surface area contributed by atoms with Crippen LogP contribution >= 0.6 is 24.0 Å². The second kappa shape index (κ2) is 6.44. The second-order valence-electron chi connectivity index (χ2n) is 4.88. The number of rotatable bonds is 5. The summed E-state index contributed by atoms with van der Waals surface area (Å²) in [5, 5.41) is 8.64. The van der Waals surface area contributed by atoms with Gasteiger partial charge in [0.05, 0.1) is 4.91 Å². The molecule has 1 saturated heterocycles. The number of carbonyl (C=O) groups is 2. The number of hydrogen-bond donors (Lipinski definition) is 1. The molecule has 1 aromatic heterocycles. The molecule has 1 aliphatic heterocycles. The molecule has 0 atom stereocenters. The summed E-state index contributed by atoms with van der Waals surface area (Å²) >= 11 is 6.46. The number of carboxylic acids is 1. The fourth-order valence-corrected chi connectivity index (χ4v) is 3.40. The molecule has 0 spiro atoms. The van der Waals surface area contributed by atoms with E-state index < -0.39 is 5.97 Å². The molecule has 0 aliphatic carbocycles. The van der Waals surface area contributed by atoms with Crippen molar-refractivity contribution in [3.05, 3.63) is 28.4 Å². The summed E-state index contributed by atoms with van der Waals surface area (Å²) in [5.41, 5.74) is 2.07. The molecule has 7 heteroatoms. The maximum atomic E-state index is 12.3. The summed E-state index contributed by atoms with van der Waals surface area (Å²) in [7, 11) is 1.92. The lowest BCUT2D eigenvalue weighted by Gasteiger charge is -2.13. The van der Waals surface area contributed by atoms with E-state index in [0.29, 0.717) is 22.2 Å². The number of hydrogen-bond acceptors (Lipinski definition) is 4. The van der Waals surface area contributed by atoms with Gasteiger partial charge < -0.3 is 9.67 Å². The minimum atomic E-state index is -0.865. The van der Waals surface area contributed by atoms with Crippen LogP contribution in [0.2, 0.25) is 0 Å². The normalized spacial score (nSPS) is 17.0. The maximum Gasteiger partial charge on any atom is 0.303 e. The molecule has 2 heterocycles. The number of carbonyl (C=O) groups excluding carboxylic acids is 1. The molecule has 5 nitrogen and oxygen atoms in total. The fraction of sp³-hybridized carbons (Fsp3) is 0.357. The van der Waals surface area contributed by atoms with Gasteiger partial charge in [0.1, 0.15) is 4.32 Å². The van der Waals surface area contributed by atoms with Gasteiger partial charge in [0.2, 0.25) is 0 Å². The molecule has 21 heavy (non-hydrogen) atoms. The molecule has 0 radical (unpaired) electrons. The van der Waals surface area contributed by atoms with Gasteiger partial charge in [-0.1, -0.05) is 24.0 Å². The molecule has 1 fully saturated rings. The third-order valence-corrected chi connectivity index (χ3v) is 4.48. The van der Waals surface area contributed by atoms with E-state index in [1.54, 1.807) is 0 Å². The molecule has 1 aromatic rings. The standard InChI is InChI=1S/C14H16N2O3S2/c1-9-6-10(15(2)8-9)7-11-13(19)16(14(20)21-11)5-3-4-12(17)18/h6-8H,3-5H2,1-2H3,(H,17,18). The lowest BCUT2D eigenvalue weighted by Crippen LogP contribution is -2.29. The van der Waals surface area contributed by atoms with Gasteiger partial charge in [-0.15, -0.1) is 0 Å². The van der Waals surface area contributed by atoms with E-state index in [2.05, 4.69) is 0 Å². The fourth-order valence-electron chi connectivity index (χ4n) is 2.11. The topological polar surface area (TPSA) is 62.5 Å². The number of thiocarbonyl (C=S) groups is 1. The average molecular weight is 324 g/mol. The number of aromatic nitrogens is 1. The molecule has 2 rings (SSSR count). The summed E-state index contributed by atoms with van der Waals surface area (Å²) in [6.45, 7) is 2.34. The van der Waals surface area contributed by atoms with Crippen molar-refractivity contribution in [1.82, 2.24) is 9.47 Å².